The second kappa shape index (κ2) is 7.83. The van der Waals surface area contributed by atoms with E-state index >= 15 is 0 Å². The van der Waals surface area contributed by atoms with Crippen molar-refractivity contribution in [3.63, 3.8) is 0 Å². The highest BCUT2D eigenvalue weighted by atomic mass is 16.5. The molecule has 1 saturated carbocycles. The summed E-state index contributed by atoms with van der Waals surface area (Å²) in [6, 6.07) is 27.0. The van der Waals surface area contributed by atoms with Gasteiger partial charge < -0.3 is 15.0 Å². The van der Waals surface area contributed by atoms with E-state index in [0.29, 0.717) is 0 Å². The Morgan fingerprint density at radius 3 is 2.50 bits per heavy atom. The summed E-state index contributed by atoms with van der Waals surface area (Å²) in [4.78, 5) is 12.3. The Hall–Kier alpha value is -3.60. The first kappa shape index (κ1) is 19.1. The van der Waals surface area contributed by atoms with Gasteiger partial charge in [0, 0.05) is 24.0 Å². The third-order valence-electron chi connectivity index (χ3n) is 6.58. The van der Waals surface area contributed by atoms with Gasteiger partial charge in [0.1, 0.15) is 17.2 Å². The molecule has 1 aliphatic carbocycles. The lowest BCUT2D eigenvalue weighted by molar-refractivity contribution is 0.00318. The molecule has 1 N–H and O–H groups in total. The molecule has 160 valence electrons. The lowest BCUT2D eigenvalue weighted by Gasteiger charge is -2.43. The summed E-state index contributed by atoms with van der Waals surface area (Å²) in [5, 5.41) is 4.60. The zero-order chi connectivity index (χ0) is 21.4. The van der Waals surface area contributed by atoms with Crippen molar-refractivity contribution in [1.82, 2.24) is 9.97 Å². The Labute approximate surface area is 188 Å². The molecule has 1 aliphatic heterocycles. The van der Waals surface area contributed by atoms with Crippen molar-refractivity contribution in [2.24, 2.45) is 0 Å². The van der Waals surface area contributed by atoms with E-state index in [4.69, 9.17) is 14.7 Å². The smallest absolute Gasteiger partial charge is 0.228 e. The quantitative estimate of drug-likeness (QED) is 0.466. The molecule has 0 unspecified atom stereocenters. The van der Waals surface area contributed by atoms with Crippen LogP contribution in [-0.4, -0.2) is 22.1 Å². The lowest BCUT2D eigenvalue weighted by atomic mass is 9.79. The number of rotatable bonds is 4. The van der Waals surface area contributed by atoms with Gasteiger partial charge in [-0.1, -0.05) is 60.7 Å². The third-order valence-corrected chi connectivity index (χ3v) is 6.58. The number of benzene rings is 3. The molecule has 5 heteroatoms. The maximum absolute atomic E-state index is 6.54. The first-order valence-corrected chi connectivity index (χ1v) is 11.3. The van der Waals surface area contributed by atoms with Crippen LogP contribution >= 0.6 is 0 Å². The SMILES string of the molecule is c1ccc(CNc2nc(N3Cc4ccccc4OC4(CCC4)C3)nc3ccccc23)cc1. The summed E-state index contributed by atoms with van der Waals surface area (Å²) in [6.45, 7) is 2.27. The Morgan fingerprint density at radius 2 is 1.66 bits per heavy atom. The average Bonchev–Trinajstić information content (AvgIpc) is 3.00. The highest BCUT2D eigenvalue weighted by Crippen LogP contribution is 2.42. The van der Waals surface area contributed by atoms with Gasteiger partial charge in [-0.15, -0.1) is 0 Å². The predicted octanol–water partition coefficient (Wildman–Crippen LogP) is 5.56. The molecule has 3 aromatic carbocycles. The van der Waals surface area contributed by atoms with Crippen LogP contribution in [0.4, 0.5) is 11.8 Å². The van der Waals surface area contributed by atoms with Crippen molar-refractivity contribution >= 4 is 22.7 Å². The third kappa shape index (κ3) is 3.54. The standard InChI is InChI=1S/C27H26N4O/c1-2-9-20(10-3-1)17-28-25-22-12-5-6-13-23(22)29-26(30-25)31-18-21-11-4-7-14-24(21)32-27(19-31)15-8-16-27/h1-7,9-14H,8,15-19H2,(H,28,29,30). The molecule has 1 fully saturated rings. The van der Waals surface area contributed by atoms with Crippen LogP contribution in [0.15, 0.2) is 78.9 Å². The maximum atomic E-state index is 6.54. The van der Waals surface area contributed by atoms with Gasteiger partial charge in [-0.2, -0.15) is 4.98 Å². The minimum Gasteiger partial charge on any atom is -0.485 e. The minimum atomic E-state index is -0.140. The second-order valence-corrected chi connectivity index (χ2v) is 8.83. The molecule has 0 saturated heterocycles. The molecule has 5 nitrogen and oxygen atoms in total. The van der Waals surface area contributed by atoms with Gasteiger partial charge in [-0.3, -0.25) is 0 Å². The van der Waals surface area contributed by atoms with E-state index in [0.717, 1.165) is 60.9 Å². The monoisotopic (exact) mass is 422 g/mol. The lowest BCUT2D eigenvalue weighted by Crippen LogP contribution is -2.51. The maximum Gasteiger partial charge on any atom is 0.228 e. The van der Waals surface area contributed by atoms with E-state index < -0.39 is 0 Å². The Kier molecular flexibility index (Phi) is 4.67. The van der Waals surface area contributed by atoms with Crippen molar-refractivity contribution in [1.29, 1.82) is 0 Å². The average molecular weight is 423 g/mol. The van der Waals surface area contributed by atoms with Crippen molar-refractivity contribution < 1.29 is 4.74 Å². The summed E-state index contributed by atoms with van der Waals surface area (Å²) in [7, 11) is 0. The van der Waals surface area contributed by atoms with Crippen LogP contribution in [0.25, 0.3) is 10.9 Å². The fraction of sp³-hybridized carbons (Fsp3) is 0.259. The Morgan fingerprint density at radius 1 is 0.875 bits per heavy atom. The van der Waals surface area contributed by atoms with E-state index in [1.807, 2.05) is 18.2 Å². The van der Waals surface area contributed by atoms with Gasteiger partial charge in [0.15, 0.2) is 0 Å². The molecule has 4 aromatic rings. The number of hydrogen-bond donors (Lipinski definition) is 1. The first-order chi connectivity index (χ1) is 15.8. The zero-order valence-corrected chi connectivity index (χ0v) is 18.0. The van der Waals surface area contributed by atoms with Crippen molar-refractivity contribution in [2.75, 3.05) is 16.8 Å². The van der Waals surface area contributed by atoms with Gasteiger partial charge in [0.2, 0.25) is 5.95 Å². The number of hydrogen-bond acceptors (Lipinski definition) is 5. The van der Waals surface area contributed by atoms with Gasteiger partial charge in [-0.25, -0.2) is 4.98 Å². The molecule has 1 aromatic heterocycles. The van der Waals surface area contributed by atoms with Crippen LogP contribution in [0.2, 0.25) is 0 Å². The fourth-order valence-corrected chi connectivity index (χ4v) is 4.70. The normalized spacial score (nSPS) is 16.7. The van der Waals surface area contributed by atoms with E-state index in [1.54, 1.807) is 0 Å². The topological polar surface area (TPSA) is 50.3 Å². The Balaban J connectivity index is 1.39. The summed E-state index contributed by atoms with van der Waals surface area (Å²) < 4.78 is 6.54. The molecule has 0 radical (unpaired) electrons. The van der Waals surface area contributed by atoms with Crippen LogP contribution in [-0.2, 0) is 13.1 Å². The van der Waals surface area contributed by atoms with Gasteiger partial charge in [-0.05, 0) is 43.0 Å². The van der Waals surface area contributed by atoms with Crippen LogP contribution < -0.4 is 15.0 Å². The molecule has 0 bridgehead atoms. The Bertz CT molecular complexity index is 1250. The molecule has 0 atom stereocenters. The number of ether oxygens (including phenoxy) is 1. The molecule has 2 aliphatic rings. The molecule has 32 heavy (non-hydrogen) atoms. The number of nitrogens with one attached hydrogen (secondary N) is 1. The second-order valence-electron chi connectivity index (χ2n) is 8.83. The number of nitrogens with zero attached hydrogens (tertiary/aromatic N) is 3. The molecular weight excluding hydrogens is 396 g/mol. The van der Waals surface area contributed by atoms with Gasteiger partial charge >= 0.3 is 0 Å². The van der Waals surface area contributed by atoms with E-state index in [-0.39, 0.29) is 5.60 Å². The van der Waals surface area contributed by atoms with Crippen molar-refractivity contribution in [3.8, 4) is 5.75 Å². The minimum absolute atomic E-state index is 0.140. The van der Waals surface area contributed by atoms with Crippen molar-refractivity contribution in [2.45, 2.75) is 38.0 Å². The highest BCUT2D eigenvalue weighted by molar-refractivity contribution is 5.90. The van der Waals surface area contributed by atoms with E-state index in [9.17, 15) is 0 Å². The summed E-state index contributed by atoms with van der Waals surface area (Å²) in [6.07, 6.45) is 3.35. The first-order valence-electron chi connectivity index (χ1n) is 11.3. The molecule has 6 rings (SSSR count). The largest absolute Gasteiger partial charge is 0.485 e. The van der Waals surface area contributed by atoms with Gasteiger partial charge in [0.05, 0.1) is 12.1 Å². The predicted molar refractivity (Wildman–Crippen MR) is 128 cm³/mol. The van der Waals surface area contributed by atoms with E-state index in [1.165, 1.54) is 17.5 Å². The van der Waals surface area contributed by atoms with Crippen molar-refractivity contribution in [3.05, 3.63) is 90.0 Å². The molecular formula is C27H26N4O. The molecule has 2 heterocycles. The van der Waals surface area contributed by atoms with Gasteiger partial charge in [0.25, 0.3) is 0 Å². The highest BCUT2D eigenvalue weighted by Gasteiger charge is 2.43. The van der Waals surface area contributed by atoms with Crippen LogP contribution in [0.1, 0.15) is 30.4 Å². The number of aromatic nitrogens is 2. The van der Waals surface area contributed by atoms with E-state index in [2.05, 4.69) is 70.9 Å². The molecule has 1 spiro atoms. The van der Waals surface area contributed by atoms with Crippen LogP contribution in [0.5, 0.6) is 5.75 Å². The van der Waals surface area contributed by atoms with Crippen LogP contribution in [0, 0.1) is 0 Å². The summed E-state index contributed by atoms with van der Waals surface area (Å²) in [5.74, 6) is 2.62. The zero-order valence-electron chi connectivity index (χ0n) is 18.0. The number of fused-ring (bicyclic) bond motifs is 2. The number of para-hydroxylation sites is 2. The number of anilines is 2. The summed E-state index contributed by atoms with van der Waals surface area (Å²) >= 11 is 0. The van der Waals surface area contributed by atoms with Crippen LogP contribution in [0.3, 0.4) is 0 Å². The summed E-state index contributed by atoms with van der Waals surface area (Å²) in [5.41, 5.74) is 3.22. The fourth-order valence-electron chi connectivity index (χ4n) is 4.70. The molecule has 0 amide bonds.